The van der Waals surface area contributed by atoms with E-state index in [0.717, 1.165) is 33.4 Å². The monoisotopic (exact) mass is 353 g/mol. The molecule has 0 bridgehead atoms. The molecule has 5 rings (SSSR count). The number of rotatable bonds is 3. The lowest BCUT2D eigenvalue weighted by Gasteiger charge is -2.15. The van der Waals surface area contributed by atoms with E-state index in [1.807, 2.05) is 30.6 Å². The predicted molar refractivity (Wildman–Crippen MR) is 108 cm³/mol. The number of hydrogen-bond donors (Lipinski definition) is 0. The number of hydrogen-bond acceptors (Lipinski definition) is 3. The van der Waals surface area contributed by atoms with Crippen LogP contribution in [0.5, 0.6) is 0 Å². The van der Waals surface area contributed by atoms with Gasteiger partial charge in [0, 0.05) is 29.4 Å². The standard InChI is InChI=1S/C23H19N3O/c1-15(2)16-7-3-4-11-20(16)26-14-13-24-22(26)19-9-5-8-17-18-10-6-12-25-23(18)27-21(17)19/h3-15H,1-2H3. The van der Waals surface area contributed by atoms with Gasteiger partial charge in [0.25, 0.3) is 0 Å². The topological polar surface area (TPSA) is 43.9 Å². The summed E-state index contributed by atoms with van der Waals surface area (Å²) in [5, 5.41) is 2.08. The molecule has 0 atom stereocenters. The molecule has 0 spiro atoms. The van der Waals surface area contributed by atoms with Crippen molar-refractivity contribution in [3.8, 4) is 17.1 Å². The van der Waals surface area contributed by atoms with Gasteiger partial charge in [0.1, 0.15) is 11.4 Å². The van der Waals surface area contributed by atoms with Crippen molar-refractivity contribution in [1.29, 1.82) is 0 Å². The van der Waals surface area contributed by atoms with Crippen LogP contribution in [0.3, 0.4) is 0 Å². The zero-order valence-corrected chi connectivity index (χ0v) is 15.3. The highest BCUT2D eigenvalue weighted by molar-refractivity contribution is 6.08. The highest BCUT2D eigenvalue weighted by Gasteiger charge is 2.18. The summed E-state index contributed by atoms with van der Waals surface area (Å²) in [6, 6.07) is 18.6. The normalized spacial score (nSPS) is 11.7. The molecule has 0 aliphatic heterocycles. The van der Waals surface area contributed by atoms with Crippen LogP contribution in [-0.2, 0) is 0 Å². The van der Waals surface area contributed by atoms with Crippen LogP contribution in [0.1, 0.15) is 25.3 Å². The van der Waals surface area contributed by atoms with Gasteiger partial charge in [-0.3, -0.25) is 4.57 Å². The third-order valence-electron chi connectivity index (χ3n) is 4.98. The number of para-hydroxylation sites is 2. The van der Waals surface area contributed by atoms with E-state index >= 15 is 0 Å². The number of pyridine rings is 1. The Morgan fingerprint density at radius 2 is 1.70 bits per heavy atom. The first kappa shape index (κ1) is 15.8. The third kappa shape index (κ3) is 2.45. The zero-order chi connectivity index (χ0) is 18.4. The van der Waals surface area contributed by atoms with E-state index in [4.69, 9.17) is 4.42 Å². The van der Waals surface area contributed by atoms with Gasteiger partial charge in [0.15, 0.2) is 0 Å². The van der Waals surface area contributed by atoms with Gasteiger partial charge in [-0.2, -0.15) is 0 Å². The molecule has 4 nitrogen and oxygen atoms in total. The number of nitrogens with zero attached hydrogens (tertiary/aromatic N) is 3. The second-order valence-electron chi connectivity index (χ2n) is 6.97. The summed E-state index contributed by atoms with van der Waals surface area (Å²) in [6.45, 7) is 4.42. The predicted octanol–water partition coefficient (Wildman–Crippen LogP) is 5.96. The Morgan fingerprint density at radius 1 is 0.852 bits per heavy atom. The molecule has 0 saturated heterocycles. The van der Waals surface area contributed by atoms with Crippen LogP contribution in [0.4, 0.5) is 0 Å². The molecule has 27 heavy (non-hydrogen) atoms. The average molecular weight is 353 g/mol. The molecule has 0 unspecified atom stereocenters. The summed E-state index contributed by atoms with van der Waals surface area (Å²) in [4.78, 5) is 9.03. The maximum absolute atomic E-state index is 6.11. The fourth-order valence-corrected chi connectivity index (χ4v) is 3.70. The molecule has 3 aromatic heterocycles. The van der Waals surface area contributed by atoms with Gasteiger partial charge in [0.2, 0.25) is 5.71 Å². The second kappa shape index (κ2) is 6.09. The smallest absolute Gasteiger partial charge is 0.227 e. The van der Waals surface area contributed by atoms with Gasteiger partial charge in [-0.25, -0.2) is 9.97 Å². The first-order valence-corrected chi connectivity index (χ1v) is 9.13. The number of fused-ring (bicyclic) bond motifs is 3. The fraction of sp³-hybridized carbons (Fsp3) is 0.130. The van der Waals surface area contributed by atoms with E-state index in [-0.39, 0.29) is 0 Å². The van der Waals surface area contributed by atoms with Crippen LogP contribution in [-0.4, -0.2) is 14.5 Å². The van der Waals surface area contributed by atoms with Gasteiger partial charge in [-0.15, -0.1) is 0 Å². The number of benzene rings is 2. The molecule has 0 aliphatic rings. The summed E-state index contributed by atoms with van der Waals surface area (Å²) in [6.07, 6.45) is 5.60. The second-order valence-corrected chi connectivity index (χ2v) is 6.97. The lowest BCUT2D eigenvalue weighted by Crippen LogP contribution is -2.02. The van der Waals surface area contributed by atoms with Crippen molar-refractivity contribution in [2.45, 2.75) is 19.8 Å². The molecule has 0 saturated carbocycles. The fourth-order valence-electron chi connectivity index (χ4n) is 3.70. The van der Waals surface area contributed by atoms with Crippen LogP contribution >= 0.6 is 0 Å². The summed E-state index contributed by atoms with van der Waals surface area (Å²) >= 11 is 0. The SMILES string of the molecule is CC(C)c1ccccc1-n1ccnc1-c1cccc2c1oc1ncccc12. The molecule has 132 valence electrons. The van der Waals surface area contributed by atoms with Crippen LogP contribution in [0.15, 0.2) is 77.6 Å². The van der Waals surface area contributed by atoms with Crippen LogP contribution < -0.4 is 0 Å². The molecular weight excluding hydrogens is 334 g/mol. The zero-order valence-electron chi connectivity index (χ0n) is 15.3. The maximum Gasteiger partial charge on any atom is 0.227 e. The van der Waals surface area contributed by atoms with Crippen molar-refractivity contribution in [2.24, 2.45) is 0 Å². The Bertz CT molecular complexity index is 1260. The molecule has 2 aromatic carbocycles. The Morgan fingerprint density at radius 3 is 2.59 bits per heavy atom. The Kier molecular flexibility index (Phi) is 3.57. The Labute approximate surface area is 157 Å². The summed E-state index contributed by atoms with van der Waals surface area (Å²) in [7, 11) is 0. The first-order valence-electron chi connectivity index (χ1n) is 9.13. The number of furan rings is 1. The van der Waals surface area contributed by atoms with Gasteiger partial charge < -0.3 is 4.42 Å². The molecule has 0 aliphatic carbocycles. The molecule has 0 fully saturated rings. The van der Waals surface area contributed by atoms with Crippen molar-refractivity contribution in [1.82, 2.24) is 14.5 Å². The molecule has 0 radical (unpaired) electrons. The lowest BCUT2D eigenvalue weighted by atomic mass is 10.0. The van der Waals surface area contributed by atoms with E-state index in [0.29, 0.717) is 11.6 Å². The van der Waals surface area contributed by atoms with E-state index in [2.05, 4.69) is 64.8 Å². The van der Waals surface area contributed by atoms with Gasteiger partial charge in [-0.1, -0.05) is 44.2 Å². The van der Waals surface area contributed by atoms with E-state index in [1.165, 1.54) is 5.56 Å². The number of imidazole rings is 1. The maximum atomic E-state index is 6.11. The highest BCUT2D eigenvalue weighted by Crippen LogP contribution is 2.35. The molecule has 3 heterocycles. The molecule has 4 heteroatoms. The van der Waals surface area contributed by atoms with Crippen LogP contribution in [0.25, 0.3) is 39.1 Å². The quantitative estimate of drug-likeness (QED) is 0.402. The van der Waals surface area contributed by atoms with Crippen LogP contribution in [0.2, 0.25) is 0 Å². The molecule has 0 N–H and O–H groups in total. The number of aromatic nitrogens is 3. The van der Waals surface area contributed by atoms with E-state index in [1.54, 1.807) is 6.20 Å². The molecule has 5 aromatic rings. The van der Waals surface area contributed by atoms with Gasteiger partial charge in [0.05, 0.1) is 11.3 Å². The third-order valence-corrected chi connectivity index (χ3v) is 4.98. The first-order chi connectivity index (χ1) is 13.2. The van der Waals surface area contributed by atoms with Crippen molar-refractivity contribution in [2.75, 3.05) is 0 Å². The minimum Gasteiger partial charge on any atom is -0.437 e. The van der Waals surface area contributed by atoms with Crippen molar-refractivity contribution in [3.63, 3.8) is 0 Å². The largest absolute Gasteiger partial charge is 0.437 e. The minimum atomic E-state index is 0.419. The van der Waals surface area contributed by atoms with E-state index < -0.39 is 0 Å². The average Bonchev–Trinajstić information content (AvgIpc) is 3.32. The molecular formula is C23H19N3O. The molecule has 0 amide bonds. The van der Waals surface area contributed by atoms with Crippen molar-refractivity contribution in [3.05, 3.63) is 78.8 Å². The minimum absolute atomic E-state index is 0.419. The summed E-state index contributed by atoms with van der Waals surface area (Å²) in [5.41, 5.74) is 4.87. The lowest BCUT2D eigenvalue weighted by molar-refractivity contribution is 0.654. The van der Waals surface area contributed by atoms with Crippen LogP contribution in [0, 0.1) is 0 Å². The van der Waals surface area contributed by atoms with Crippen molar-refractivity contribution < 1.29 is 4.42 Å². The Balaban J connectivity index is 1.78. The van der Waals surface area contributed by atoms with Crippen molar-refractivity contribution >= 4 is 22.1 Å². The van der Waals surface area contributed by atoms with E-state index in [9.17, 15) is 0 Å². The summed E-state index contributed by atoms with van der Waals surface area (Å²) in [5.74, 6) is 1.29. The van der Waals surface area contributed by atoms with Gasteiger partial charge in [-0.05, 0) is 35.7 Å². The summed E-state index contributed by atoms with van der Waals surface area (Å²) < 4.78 is 8.26. The Hall–Kier alpha value is -3.40. The van der Waals surface area contributed by atoms with Gasteiger partial charge >= 0.3 is 0 Å². The highest BCUT2D eigenvalue weighted by atomic mass is 16.3.